The first-order valence-corrected chi connectivity index (χ1v) is 7.85. The van der Waals surface area contributed by atoms with E-state index in [9.17, 15) is 4.57 Å². The Bertz CT molecular complexity index is 341. The average Bonchev–Trinajstić information content (AvgIpc) is 2.31. The molecule has 17 heavy (non-hydrogen) atoms. The van der Waals surface area contributed by atoms with Crippen LogP contribution in [-0.4, -0.2) is 19.4 Å². The summed E-state index contributed by atoms with van der Waals surface area (Å²) in [5.41, 5.74) is 1.26. The lowest BCUT2D eigenvalue weighted by molar-refractivity contribution is 0.220. The van der Waals surface area contributed by atoms with Gasteiger partial charge in [0.2, 0.25) is 0 Å². The Morgan fingerprint density at radius 3 is 2.18 bits per heavy atom. The summed E-state index contributed by atoms with van der Waals surface area (Å²) < 4.78 is 22.6. The molecule has 0 fully saturated rings. The molecule has 1 aromatic rings. The van der Waals surface area contributed by atoms with Crippen LogP contribution in [0, 0.1) is 0 Å². The van der Waals surface area contributed by atoms with E-state index in [1.165, 1.54) is 5.56 Å². The van der Waals surface area contributed by atoms with Crippen molar-refractivity contribution in [2.24, 2.45) is 0 Å². The molecule has 0 aliphatic rings. The molecule has 0 bridgehead atoms. The van der Waals surface area contributed by atoms with Crippen LogP contribution in [0.1, 0.15) is 25.8 Å². The van der Waals surface area contributed by atoms with E-state index < -0.39 is 7.60 Å². The topological polar surface area (TPSA) is 35.5 Å². The van der Waals surface area contributed by atoms with Gasteiger partial charge in [0, 0.05) is 0 Å². The quantitative estimate of drug-likeness (QED) is 0.662. The van der Waals surface area contributed by atoms with Gasteiger partial charge >= 0.3 is 7.60 Å². The van der Waals surface area contributed by atoms with Crippen LogP contribution in [0.15, 0.2) is 30.3 Å². The van der Waals surface area contributed by atoms with Gasteiger partial charge in [-0.2, -0.15) is 0 Å². The van der Waals surface area contributed by atoms with Gasteiger partial charge in [-0.05, 0) is 32.3 Å². The molecule has 0 aliphatic heterocycles. The van der Waals surface area contributed by atoms with E-state index in [0.29, 0.717) is 19.4 Å². The van der Waals surface area contributed by atoms with Crippen LogP contribution in [0.4, 0.5) is 0 Å². The van der Waals surface area contributed by atoms with E-state index in [-0.39, 0.29) is 0 Å². The summed E-state index contributed by atoms with van der Waals surface area (Å²) in [6.07, 6.45) is 2.22. The molecule has 0 radical (unpaired) electrons. The fourth-order valence-corrected chi connectivity index (χ4v) is 3.35. The van der Waals surface area contributed by atoms with Crippen molar-refractivity contribution in [3.8, 4) is 0 Å². The SMILES string of the molecule is CCOP(=O)(CCCc1ccccc1)OCC. The molecule has 0 saturated carbocycles. The molecule has 0 unspecified atom stereocenters. The van der Waals surface area contributed by atoms with Gasteiger partial charge in [0.05, 0.1) is 19.4 Å². The molecule has 0 saturated heterocycles. The van der Waals surface area contributed by atoms with Gasteiger partial charge in [0.25, 0.3) is 0 Å². The summed E-state index contributed by atoms with van der Waals surface area (Å²) in [4.78, 5) is 0. The van der Waals surface area contributed by atoms with Crippen LogP contribution < -0.4 is 0 Å². The second-order valence-electron chi connectivity index (χ2n) is 3.76. The van der Waals surface area contributed by atoms with Gasteiger partial charge in [0.1, 0.15) is 0 Å². The molecule has 0 atom stereocenters. The van der Waals surface area contributed by atoms with Gasteiger partial charge in [-0.3, -0.25) is 4.57 Å². The largest absolute Gasteiger partial charge is 0.330 e. The summed E-state index contributed by atoms with van der Waals surface area (Å²) in [7, 11) is -2.86. The Morgan fingerprint density at radius 1 is 1.06 bits per heavy atom. The molecule has 3 nitrogen and oxygen atoms in total. The molecule has 4 heteroatoms. The van der Waals surface area contributed by atoms with E-state index in [2.05, 4.69) is 12.1 Å². The van der Waals surface area contributed by atoms with E-state index >= 15 is 0 Å². The maximum absolute atomic E-state index is 12.2. The average molecular weight is 256 g/mol. The van der Waals surface area contributed by atoms with Crippen molar-refractivity contribution in [2.75, 3.05) is 19.4 Å². The van der Waals surface area contributed by atoms with Crippen LogP contribution in [0.3, 0.4) is 0 Å². The summed E-state index contributed by atoms with van der Waals surface area (Å²) in [5, 5.41) is 0. The highest BCUT2D eigenvalue weighted by Crippen LogP contribution is 2.48. The maximum Gasteiger partial charge on any atom is 0.330 e. The van der Waals surface area contributed by atoms with Crippen molar-refractivity contribution in [1.29, 1.82) is 0 Å². The highest BCUT2D eigenvalue weighted by Gasteiger charge is 2.22. The third-order valence-electron chi connectivity index (χ3n) is 2.39. The number of benzene rings is 1. The summed E-state index contributed by atoms with van der Waals surface area (Å²) in [6.45, 7) is 4.54. The lowest BCUT2D eigenvalue weighted by Crippen LogP contribution is -2.01. The molecule has 96 valence electrons. The first-order chi connectivity index (χ1) is 8.20. The van der Waals surface area contributed by atoms with Crippen LogP contribution in [0.25, 0.3) is 0 Å². The molecule has 0 spiro atoms. The van der Waals surface area contributed by atoms with Gasteiger partial charge in [-0.25, -0.2) is 0 Å². The Hall–Kier alpha value is -0.630. The van der Waals surface area contributed by atoms with Gasteiger partial charge in [0.15, 0.2) is 0 Å². The highest BCUT2D eigenvalue weighted by molar-refractivity contribution is 7.53. The minimum absolute atomic E-state index is 0.433. The number of rotatable bonds is 8. The first kappa shape index (κ1) is 14.4. The second kappa shape index (κ2) is 7.65. The minimum atomic E-state index is -2.86. The molecular weight excluding hydrogens is 235 g/mol. The summed E-state index contributed by atoms with van der Waals surface area (Å²) in [5.74, 6) is 0. The molecular formula is C13H21O3P. The highest BCUT2D eigenvalue weighted by atomic mass is 31.2. The minimum Gasteiger partial charge on any atom is -0.309 e. The van der Waals surface area contributed by atoms with E-state index in [4.69, 9.17) is 9.05 Å². The number of hydrogen-bond acceptors (Lipinski definition) is 3. The third kappa shape index (κ3) is 5.49. The van der Waals surface area contributed by atoms with E-state index in [1.54, 1.807) is 0 Å². The van der Waals surface area contributed by atoms with Crippen LogP contribution in [0.2, 0.25) is 0 Å². The van der Waals surface area contributed by atoms with Crippen LogP contribution in [-0.2, 0) is 20.0 Å². The molecule has 0 heterocycles. The number of aryl methyl sites for hydroxylation is 1. The zero-order valence-corrected chi connectivity index (χ0v) is 11.5. The fraction of sp³-hybridized carbons (Fsp3) is 0.538. The van der Waals surface area contributed by atoms with Crippen molar-refractivity contribution in [1.82, 2.24) is 0 Å². The Balaban J connectivity index is 2.40. The second-order valence-corrected chi connectivity index (χ2v) is 5.94. The first-order valence-electron chi connectivity index (χ1n) is 6.12. The monoisotopic (exact) mass is 256 g/mol. The van der Waals surface area contributed by atoms with Crippen LogP contribution >= 0.6 is 7.60 Å². The van der Waals surface area contributed by atoms with Crippen molar-refractivity contribution in [2.45, 2.75) is 26.7 Å². The predicted molar refractivity (Wildman–Crippen MR) is 70.5 cm³/mol. The van der Waals surface area contributed by atoms with Gasteiger partial charge < -0.3 is 9.05 Å². The smallest absolute Gasteiger partial charge is 0.309 e. The summed E-state index contributed by atoms with van der Waals surface area (Å²) in [6, 6.07) is 10.2. The zero-order valence-electron chi connectivity index (χ0n) is 10.6. The molecule has 1 aromatic carbocycles. The Morgan fingerprint density at radius 2 is 1.65 bits per heavy atom. The summed E-state index contributed by atoms with van der Waals surface area (Å²) >= 11 is 0. The third-order valence-corrected chi connectivity index (χ3v) is 4.56. The molecule has 0 N–H and O–H groups in total. The van der Waals surface area contributed by atoms with Crippen molar-refractivity contribution < 1.29 is 13.6 Å². The fourth-order valence-electron chi connectivity index (χ4n) is 1.68. The van der Waals surface area contributed by atoms with Crippen molar-refractivity contribution in [3.05, 3.63) is 35.9 Å². The molecule has 1 rings (SSSR count). The zero-order chi connectivity index (χ0) is 12.6. The Kier molecular flexibility index (Phi) is 6.49. The van der Waals surface area contributed by atoms with Gasteiger partial charge in [-0.15, -0.1) is 0 Å². The molecule has 0 aromatic heterocycles. The predicted octanol–water partition coefficient (Wildman–Crippen LogP) is 3.89. The van der Waals surface area contributed by atoms with Crippen molar-refractivity contribution >= 4 is 7.60 Å². The number of hydrogen-bond donors (Lipinski definition) is 0. The lowest BCUT2D eigenvalue weighted by atomic mass is 10.1. The molecule has 0 amide bonds. The lowest BCUT2D eigenvalue weighted by Gasteiger charge is -2.16. The Labute approximate surface area is 104 Å². The van der Waals surface area contributed by atoms with Crippen LogP contribution in [0.5, 0.6) is 0 Å². The maximum atomic E-state index is 12.2. The van der Waals surface area contributed by atoms with Crippen molar-refractivity contribution in [3.63, 3.8) is 0 Å². The van der Waals surface area contributed by atoms with Gasteiger partial charge in [-0.1, -0.05) is 30.3 Å². The molecule has 0 aliphatic carbocycles. The normalized spacial score (nSPS) is 11.6. The van der Waals surface area contributed by atoms with E-state index in [0.717, 1.165) is 12.8 Å². The standard InChI is InChI=1S/C13H21O3P/c1-3-15-17(14,16-4-2)12-8-11-13-9-6-5-7-10-13/h5-7,9-10H,3-4,8,11-12H2,1-2H3. The van der Waals surface area contributed by atoms with E-state index in [1.807, 2.05) is 32.0 Å².